The molecule has 0 spiro atoms. The first kappa shape index (κ1) is 19.6. The van der Waals surface area contributed by atoms with Crippen LogP contribution in [0.15, 0.2) is 55.5 Å². The van der Waals surface area contributed by atoms with E-state index >= 15 is 0 Å². The average Bonchev–Trinajstić information content (AvgIpc) is 2.60. The Bertz CT molecular complexity index is 1180. The standard InChI is InChI=1S/C19H15BrIN3O3/c1-10-8-16(11(2)7-13(10)20)24-18(26)12(17(25)23-19(24)27)9-22-15-6-4-3-5-14(15)21/h3-9,26H,1-2H3,(H,23,25,27). The second-order valence-corrected chi connectivity index (χ2v) is 7.95. The largest absolute Gasteiger partial charge is 0.493 e. The normalized spacial score (nSPS) is 11.3. The first-order valence-electron chi connectivity index (χ1n) is 7.93. The van der Waals surface area contributed by atoms with Crippen LogP contribution in [-0.2, 0) is 0 Å². The van der Waals surface area contributed by atoms with E-state index in [4.69, 9.17) is 0 Å². The van der Waals surface area contributed by atoms with Crippen LogP contribution < -0.4 is 11.2 Å². The van der Waals surface area contributed by atoms with E-state index < -0.39 is 17.1 Å². The number of aromatic hydroxyl groups is 1. The summed E-state index contributed by atoms with van der Waals surface area (Å²) in [4.78, 5) is 31.1. The molecule has 2 aromatic carbocycles. The van der Waals surface area contributed by atoms with Gasteiger partial charge >= 0.3 is 5.69 Å². The highest BCUT2D eigenvalue weighted by molar-refractivity contribution is 14.1. The summed E-state index contributed by atoms with van der Waals surface area (Å²) in [5.74, 6) is -0.455. The number of para-hydroxylation sites is 1. The van der Waals surface area contributed by atoms with Gasteiger partial charge in [-0.25, -0.2) is 9.36 Å². The van der Waals surface area contributed by atoms with Crippen LogP contribution in [0.1, 0.15) is 16.7 Å². The molecule has 0 aliphatic heterocycles. The molecular weight excluding hydrogens is 525 g/mol. The van der Waals surface area contributed by atoms with Crippen molar-refractivity contribution in [3.8, 4) is 11.6 Å². The molecule has 0 bridgehead atoms. The number of hydrogen-bond donors (Lipinski definition) is 2. The van der Waals surface area contributed by atoms with Gasteiger partial charge in [0.2, 0.25) is 5.88 Å². The lowest BCUT2D eigenvalue weighted by Gasteiger charge is -2.14. The molecule has 0 aliphatic carbocycles. The SMILES string of the molecule is Cc1cc(-n2c(O)c(C=Nc3ccccc3I)c(=O)[nH]c2=O)c(C)cc1Br. The summed E-state index contributed by atoms with van der Waals surface area (Å²) in [6, 6.07) is 11.0. The van der Waals surface area contributed by atoms with Crippen molar-refractivity contribution >= 4 is 50.4 Å². The van der Waals surface area contributed by atoms with Crippen LogP contribution in [0.5, 0.6) is 5.88 Å². The van der Waals surface area contributed by atoms with Crippen LogP contribution in [-0.4, -0.2) is 20.9 Å². The zero-order valence-electron chi connectivity index (χ0n) is 14.5. The van der Waals surface area contributed by atoms with Gasteiger partial charge in [-0.15, -0.1) is 0 Å². The number of aromatic nitrogens is 2. The third-order valence-corrected chi connectivity index (χ3v) is 5.79. The molecule has 8 heteroatoms. The van der Waals surface area contributed by atoms with E-state index in [1.165, 1.54) is 6.21 Å². The van der Waals surface area contributed by atoms with E-state index in [-0.39, 0.29) is 5.56 Å². The lowest BCUT2D eigenvalue weighted by atomic mass is 10.1. The molecule has 0 unspecified atom stereocenters. The Morgan fingerprint density at radius 3 is 2.59 bits per heavy atom. The average molecular weight is 540 g/mol. The molecule has 6 nitrogen and oxygen atoms in total. The zero-order chi connectivity index (χ0) is 19.7. The van der Waals surface area contributed by atoms with E-state index in [9.17, 15) is 14.7 Å². The van der Waals surface area contributed by atoms with Gasteiger partial charge in [-0.2, -0.15) is 0 Å². The number of aromatic amines is 1. The number of aliphatic imine (C=N–C) groups is 1. The predicted octanol–water partition coefficient (Wildman–Crippen LogP) is 3.97. The lowest BCUT2D eigenvalue weighted by Crippen LogP contribution is -2.31. The molecule has 0 saturated carbocycles. The van der Waals surface area contributed by atoms with Crippen molar-refractivity contribution in [3.05, 3.63) is 82.0 Å². The van der Waals surface area contributed by atoms with Gasteiger partial charge < -0.3 is 5.11 Å². The van der Waals surface area contributed by atoms with E-state index in [0.29, 0.717) is 11.4 Å². The van der Waals surface area contributed by atoms with Crippen LogP contribution in [0.4, 0.5) is 5.69 Å². The summed E-state index contributed by atoms with van der Waals surface area (Å²) < 4.78 is 2.86. The third-order valence-electron chi connectivity index (χ3n) is 4.02. The summed E-state index contributed by atoms with van der Waals surface area (Å²) in [7, 11) is 0. The number of H-pyrrole nitrogens is 1. The van der Waals surface area contributed by atoms with Crippen LogP contribution >= 0.6 is 38.5 Å². The van der Waals surface area contributed by atoms with Gasteiger partial charge in [0.15, 0.2) is 0 Å². The molecule has 27 heavy (non-hydrogen) atoms. The van der Waals surface area contributed by atoms with Crippen LogP contribution in [0.2, 0.25) is 0 Å². The molecule has 3 rings (SSSR count). The van der Waals surface area contributed by atoms with Crippen molar-refractivity contribution in [3.63, 3.8) is 0 Å². The smallest absolute Gasteiger partial charge is 0.335 e. The second kappa shape index (κ2) is 7.81. The van der Waals surface area contributed by atoms with Crippen LogP contribution in [0, 0.1) is 17.4 Å². The van der Waals surface area contributed by atoms with E-state index in [0.717, 1.165) is 23.7 Å². The maximum absolute atomic E-state index is 12.4. The fraction of sp³-hybridized carbons (Fsp3) is 0.105. The van der Waals surface area contributed by atoms with Crippen molar-refractivity contribution in [2.75, 3.05) is 0 Å². The number of rotatable bonds is 3. The molecule has 0 radical (unpaired) electrons. The number of hydrogen-bond acceptors (Lipinski definition) is 4. The van der Waals surface area contributed by atoms with Gasteiger partial charge in [-0.3, -0.25) is 14.8 Å². The molecule has 2 N–H and O–H groups in total. The summed E-state index contributed by atoms with van der Waals surface area (Å²) >= 11 is 5.57. The molecule has 138 valence electrons. The van der Waals surface area contributed by atoms with Gasteiger partial charge in [0.1, 0.15) is 5.56 Å². The highest BCUT2D eigenvalue weighted by Crippen LogP contribution is 2.26. The maximum atomic E-state index is 12.4. The van der Waals surface area contributed by atoms with Crippen LogP contribution in [0.3, 0.4) is 0 Å². The van der Waals surface area contributed by atoms with Crippen LogP contribution in [0.25, 0.3) is 5.69 Å². The number of halogens is 2. The Hall–Kier alpha value is -2.20. The van der Waals surface area contributed by atoms with Gasteiger partial charge in [-0.1, -0.05) is 28.1 Å². The molecule has 0 atom stereocenters. The quantitative estimate of drug-likeness (QED) is 0.390. The fourth-order valence-electron chi connectivity index (χ4n) is 2.58. The molecule has 0 fully saturated rings. The van der Waals surface area contributed by atoms with Crippen molar-refractivity contribution in [1.29, 1.82) is 0 Å². The second-order valence-electron chi connectivity index (χ2n) is 5.93. The Morgan fingerprint density at radius 1 is 1.19 bits per heavy atom. The maximum Gasteiger partial charge on any atom is 0.335 e. The number of nitrogens with zero attached hydrogens (tertiary/aromatic N) is 2. The Morgan fingerprint density at radius 2 is 1.89 bits per heavy atom. The third kappa shape index (κ3) is 3.91. The summed E-state index contributed by atoms with van der Waals surface area (Å²) in [6.45, 7) is 3.69. The van der Waals surface area contributed by atoms with Gasteiger partial charge in [0.25, 0.3) is 5.56 Å². The van der Waals surface area contributed by atoms with E-state index in [1.54, 1.807) is 12.1 Å². The van der Waals surface area contributed by atoms with E-state index in [1.807, 2.05) is 38.1 Å². The van der Waals surface area contributed by atoms with Gasteiger partial charge in [0.05, 0.1) is 11.4 Å². The van der Waals surface area contributed by atoms with Crippen molar-refractivity contribution in [2.45, 2.75) is 13.8 Å². The van der Waals surface area contributed by atoms with E-state index in [2.05, 4.69) is 48.5 Å². The minimum absolute atomic E-state index is 0.0887. The first-order chi connectivity index (χ1) is 12.8. The molecule has 0 saturated heterocycles. The molecule has 3 aromatic rings. The zero-order valence-corrected chi connectivity index (χ0v) is 18.2. The molecule has 1 heterocycles. The summed E-state index contributed by atoms with van der Waals surface area (Å²) in [5.41, 5.74) is 1.29. The van der Waals surface area contributed by atoms with Crippen molar-refractivity contribution < 1.29 is 5.11 Å². The van der Waals surface area contributed by atoms with Gasteiger partial charge in [-0.05, 0) is 71.8 Å². The Labute approximate surface area is 176 Å². The molecule has 0 amide bonds. The number of aryl methyl sites for hydroxylation is 2. The highest BCUT2D eigenvalue weighted by atomic mass is 127. The molecule has 0 aliphatic rings. The minimum Gasteiger partial charge on any atom is -0.493 e. The van der Waals surface area contributed by atoms with Crippen molar-refractivity contribution in [1.82, 2.24) is 9.55 Å². The number of benzene rings is 2. The lowest BCUT2D eigenvalue weighted by molar-refractivity contribution is 0.430. The minimum atomic E-state index is -0.714. The topological polar surface area (TPSA) is 87.4 Å². The monoisotopic (exact) mass is 539 g/mol. The summed E-state index contributed by atoms with van der Waals surface area (Å²) in [5, 5.41) is 10.7. The predicted molar refractivity (Wildman–Crippen MR) is 118 cm³/mol. The highest BCUT2D eigenvalue weighted by Gasteiger charge is 2.16. The summed E-state index contributed by atoms with van der Waals surface area (Å²) in [6.07, 6.45) is 1.27. The molecule has 1 aromatic heterocycles. The van der Waals surface area contributed by atoms with Crippen molar-refractivity contribution in [2.24, 2.45) is 4.99 Å². The molecular formula is C19H15BrIN3O3. The first-order valence-corrected chi connectivity index (χ1v) is 9.80. The fourth-order valence-corrected chi connectivity index (χ4v) is 3.56. The number of nitrogens with one attached hydrogen (secondary N) is 1. The Kier molecular flexibility index (Phi) is 5.66. The Balaban J connectivity index is 2.21. The van der Waals surface area contributed by atoms with Gasteiger partial charge in [0, 0.05) is 14.3 Å².